The van der Waals surface area contributed by atoms with E-state index in [0.29, 0.717) is 15.0 Å². The Morgan fingerprint density at radius 2 is 1.85 bits per heavy atom. The summed E-state index contributed by atoms with van der Waals surface area (Å²) in [6, 6.07) is 14.9. The van der Waals surface area contributed by atoms with Crippen LogP contribution in [-0.4, -0.2) is 27.8 Å². The first kappa shape index (κ1) is 19.1. The van der Waals surface area contributed by atoms with Crippen molar-refractivity contribution in [1.29, 1.82) is 0 Å². The third kappa shape index (κ3) is 5.38. The number of para-hydroxylation sites is 1. The van der Waals surface area contributed by atoms with Crippen molar-refractivity contribution in [2.24, 2.45) is 0 Å². The Morgan fingerprint density at radius 3 is 2.63 bits per heavy atom. The standard InChI is InChI=1S/C19H18N4O2S2/c1-12-6-5-8-14(10-12)17(25)21-18-22-23-19(27-18)26-11-16(24)20-15-9-4-3-7-13(15)2/h3-10H,11H2,1-2H3,(H,20,24)(H,21,22,25). The molecule has 0 bridgehead atoms. The van der Waals surface area contributed by atoms with E-state index in [1.54, 1.807) is 6.07 Å². The lowest BCUT2D eigenvalue weighted by Crippen LogP contribution is -2.14. The van der Waals surface area contributed by atoms with Crippen LogP contribution >= 0.6 is 23.1 Å². The summed E-state index contributed by atoms with van der Waals surface area (Å²) in [7, 11) is 0. The van der Waals surface area contributed by atoms with Crippen LogP contribution in [0.1, 0.15) is 21.5 Å². The van der Waals surface area contributed by atoms with Crippen LogP contribution < -0.4 is 10.6 Å². The van der Waals surface area contributed by atoms with E-state index in [-0.39, 0.29) is 17.6 Å². The molecule has 0 spiro atoms. The molecule has 0 saturated heterocycles. The lowest BCUT2D eigenvalue weighted by atomic mass is 10.1. The van der Waals surface area contributed by atoms with E-state index in [2.05, 4.69) is 20.8 Å². The fourth-order valence-corrected chi connectivity index (χ4v) is 3.85. The summed E-state index contributed by atoms with van der Waals surface area (Å²) in [6.07, 6.45) is 0. The van der Waals surface area contributed by atoms with Gasteiger partial charge in [-0.25, -0.2) is 0 Å². The van der Waals surface area contributed by atoms with E-state index < -0.39 is 0 Å². The number of benzene rings is 2. The molecule has 1 aromatic heterocycles. The Morgan fingerprint density at radius 1 is 1.04 bits per heavy atom. The molecule has 2 amide bonds. The predicted octanol–water partition coefficient (Wildman–Crippen LogP) is 4.14. The van der Waals surface area contributed by atoms with Gasteiger partial charge in [0.25, 0.3) is 5.91 Å². The van der Waals surface area contributed by atoms with Crippen LogP contribution in [0.15, 0.2) is 52.9 Å². The number of thioether (sulfide) groups is 1. The van der Waals surface area contributed by atoms with Crippen molar-refractivity contribution in [3.05, 3.63) is 65.2 Å². The molecular weight excluding hydrogens is 380 g/mol. The highest BCUT2D eigenvalue weighted by Gasteiger charge is 2.12. The zero-order valence-corrected chi connectivity index (χ0v) is 16.5. The van der Waals surface area contributed by atoms with Crippen LogP contribution in [0, 0.1) is 13.8 Å². The van der Waals surface area contributed by atoms with Crippen molar-refractivity contribution in [1.82, 2.24) is 10.2 Å². The largest absolute Gasteiger partial charge is 0.325 e. The highest BCUT2D eigenvalue weighted by atomic mass is 32.2. The van der Waals surface area contributed by atoms with Crippen LogP contribution in [0.2, 0.25) is 0 Å². The number of aryl methyl sites for hydroxylation is 2. The molecule has 1 heterocycles. The minimum absolute atomic E-state index is 0.116. The molecule has 0 aliphatic heterocycles. The van der Waals surface area contributed by atoms with Crippen molar-refractivity contribution in [2.75, 3.05) is 16.4 Å². The number of carbonyl (C=O) groups excluding carboxylic acids is 2. The Hall–Kier alpha value is -2.71. The fraction of sp³-hybridized carbons (Fsp3) is 0.158. The molecule has 138 valence electrons. The maximum atomic E-state index is 12.2. The van der Waals surface area contributed by atoms with Crippen molar-refractivity contribution < 1.29 is 9.59 Å². The van der Waals surface area contributed by atoms with Gasteiger partial charge in [0.15, 0.2) is 4.34 Å². The normalized spacial score (nSPS) is 10.4. The lowest BCUT2D eigenvalue weighted by Gasteiger charge is -2.06. The minimum Gasteiger partial charge on any atom is -0.325 e. The van der Waals surface area contributed by atoms with Gasteiger partial charge >= 0.3 is 0 Å². The zero-order chi connectivity index (χ0) is 19.2. The van der Waals surface area contributed by atoms with E-state index in [1.807, 2.05) is 56.3 Å². The molecule has 3 aromatic rings. The highest BCUT2D eigenvalue weighted by Crippen LogP contribution is 2.26. The minimum atomic E-state index is -0.233. The van der Waals surface area contributed by atoms with Crippen LogP contribution in [0.25, 0.3) is 0 Å². The molecule has 0 radical (unpaired) electrons. The molecule has 6 nitrogen and oxygen atoms in total. The third-order valence-electron chi connectivity index (χ3n) is 3.65. The smallest absolute Gasteiger partial charge is 0.257 e. The van der Waals surface area contributed by atoms with Gasteiger partial charge in [0.1, 0.15) is 0 Å². The molecule has 0 aliphatic carbocycles. The van der Waals surface area contributed by atoms with Gasteiger partial charge in [0, 0.05) is 11.3 Å². The Labute approximate surface area is 165 Å². The highest BCUT2D eigenvalue weighted by molar-refractivity contribution is 8.01. The van der Waals surface area contributed by atoms with Gasteiger partial charge in [-0.1, -0.05) is 59.0 Å². The number of aromatic nitrogens is 2. The predicted molar refractivity (Wildman–Crippen MR) is 110 cm³/mol. The summed E-state index contributed by atoms with van der Waals surface area (Å²) in [5.74, 6) is -0.132. The average Bonchev–Trinajstić information content (AvgIpc) is 3.09. The SMILES string of the molecule is Cc1cccc(C(=O)Nc2nnc(SCC(=O)Nc3ccccc3C)s2)c1. The summed E-state index contributed by atoms with van der Waals surface area (Å²) in [5, 5.41) is 14.0. The molecule has 27 heavy (non-hydrogen) atoms. The molecule has 0 unspecified atom stereocenters. The van der Waals surface area contributed by atoms with Crippen LogP contribution in [0.4, 0.5) is 10.8 Å². The molecule has 3 rings (SSSR count). The summed E-state index contributed by atoms with van der Waals surface area (Å²) in [4.78, 5) is 24.3. The van der Waals surface area contributed by atoms with Gasteiger partial charge in [-0.15, -0.1) is 10.2 Å². The second kappa shape index (κ2) is 8.79. The monoisotopic (exact) mass is 398 g/mol. The summed E-state index contributed by atoms with van der Waals surface area (Å²) >= 11 is 2.52. The molecule has 0 fully saturated rings. The topological polar surface area (TPSA) is 84.0 Å². The molecular formula is C19H18N4O2S2. The number of carbonyl (C=O) groups is 2. The van der Waals surface area contributed by atoms with E-state index in [4.69, 9.17) is 0 Å². The lowest BCUT2D eigenvalue weighted by molar-refractivity contribution is -0.113. The van der Waals surface area contributed by atoms with Gasteiger partial charge in [-0.3, -0.25) is 14.9 Å². The van der Waals surface area contributed by atoms with Crippen molar-refractivity contribution in [3.8, 4) is 0 Å². The van der Waals surface area contributed by atoms with E-state index in [0.717, 1.165) is 16.8 Å². The van der Waals surface area contributed by atoms with Crippen LogP contribution in [0.3, 0.4) is 0 Å². The number of nitrogens with one attached hydrogen (secondary N) is 2. The van der Waals surface area contributed by atoms with Gasteiger partial charge in [0.05, 0.1) is 5.75 Å². The third-order valence-corrected chi connectivity index (χ3v) is 5.63. The molecule has 2 aromatic carbocycles. The molecule has 2 N–H and O–H groups in total. The number of nitrogens with zero attached hydrogens (tertiary/aromatic N) is 2. The maximum absolute atomic E-state index is 12.2. The second-order valence-corrected chi connectivity index (χ2v) is 8.05. The molecule has 0 aliphatic rings. The maximum Gasteiger partial charge on any atom is 0.257 e. The first-order chi connectivity index (χ1) is 13.0. The Bertz CT molecular complexity index is 972. The average molecular weight is 399 g/mol. The van der Waals surface area contributed by atoms with Gasteiger partial charge in [0.2, 0.25) is 11.0 Å². The Kier molecular flexibility index (Phi) is 6.20. The van der Waals surface area contributed by atoms with Gasteiger partial charge in [-0.2, -0.15) is 0 Å². The first-order valence-corrected chi connectivity index (χ1v) is 10.0. The van der Waals surface area contributed by atoms with E-state index in [9.17, 15) is 9.59 Å². The summed E-state index contributed by atoms with van der Waals surface area (Å²) in [5.41, 5.74) is 3.38. The number of anilines is 2. The molecule has 8 heteroatoms. The quantitative estimate of drug-likeness (QED) is 0.482. The van der Waals surface area contributed by atoms with Crippen LogP contribution in [0.5, 0.6) is 0 Å². The van der Waals surface area contributed by atoms with E-state index >= 15 is 0 Å². The van der Waals surface area contributed by atoms with Crippen LogP contribution in [-0.2, 0) is 4.79 Å². The van der Waals surface area contributed by atoms with E-state index in [1.165, 1.54) is 23.1 Å². The number of rotatable bonds is 6. The Balaban J connectivity index is 1.53. The number of amides is 2. The van der Waals surface area contributed by atoms with Crippen molar-refractivity contribution >= 4 is 45.7 Å². The molecule has 0 saturated carbocycles. The van der Waals surface area contributed by atoms with Gasteiger partial charge in [-0.05, 0) is 37.6 Å². The fourth-order valence-electron chi connectivity index (χ4n) is 2.30. The summed E-state index contributed by atoms with van der Waals surface area (Å²) < 4.78 is 0.620. The number of hydrogen-bond acceptors (Lipinski definition) is 6. The van der Waals surface area contributed by atoms with Crippen molar-refractivity contribution in [2.45, 2.75) is 18.2 Å². The summed E-state index contributed by atoms with van der Waals surface area (Å²) in [6.45, 7) is 3.87. The van der Waals surface area contributed by atoms with Gasteiger partial charge < -0.3 is 5.32 Å². The zero-order valence-electron chi connectivity index (χ0n) is 14.9. The van der Waals surface area contributed by atoms with Crippen molar-refractivity contribution in [3.63, 3.8) is 0 Å². The number of hydrogen-bond donors (Lipinski definition) is 2. The molecule has 0 atom stereocenters. The first-order valence-electron chi connectivity index (χ1n) is 8.21. The second-order valence-electron chi connectivity index (χ2n) is 5.85.